The topological polar surface area (TPSA) is 114 Å². The van der Waals surface area contributed by atoms with E-state index in [4.69, 9.17) is 20.4 Å². The van der Waals surface area contributed by atoms with E-state index in [2.05, 4.69) is 32.2 Å². The highest BCUT2D eigenvalue weighted by Gasteiger charge is 2.31. The quantitative estimate of drug-likeness (QED) is 0.331. The van der Waals surface area contributed by atoms with E-state index in [1.165, 1.54) is 11.1 Å². The Kier molecular flexibility index (Phi) is 8.64. The van der Waals surface area contributed by atoms with Gasteiger partial charge in [0.15, 0.2) is 0 Å². The summed E-state index contributed by atoms with van der Waals surface area (Å²) >= 11 is 0. The van der Waals surface area contributed by atoms with E-state index >= 15 is 0 Å². The number of likely N-dealkylation sites (N-methyl/N-ethyl adjacent to an activating group) is 1. The van der Waals surface area contributed by atoms with Gasteiger partial charge in [0.1, 0.15) is 17.4 Å². The molecular formula is C31H43N5O3. The second-order valence-electron chi connectivity index (χ2n) is 11.3. The summed E-state index contributed by atoms with van der Waals surface area (Å²) in [5.74, 6) is 2.69. The van der Waals surface area contributed by atoms with Crippen LogP contribution in [-0.2, 0) is 4.79 Å². The van der Waals surface area contributed by atoms with Gasteiger partial charge in [0, 0.05) is 36.7 Å². The fraction of sp³-hybridized carbons (Fsp3) is 0.516. The molecule has 0 bridgehead atoms. The number of anilines is 2. The first kappa shape index (κ1) is 28.6. The number of nitrogen functional groups attached to an aromatic ring is 1. The minimum absolute atomic E-state index is 0.00432. The zero-order valence-electron chi connectivity index (χ0n) is 24.3. The maximum atomic E-state index is 12.9. The maximum absolute atomic E-state index is 12.9. The van der Waals surface area contributed by atoms with Crippen molar-refractivity contribution in [3.63, 3.8) is 0 Å². The van der Waals surface area contributed by atoms with Crippen molar-refractivity contribution < 1.29 is 14.6 Å². The molecule has 1 saturated carbocycles. The molecule has 39 heavy (non-hydrogen) atoms. The Bertz CT molecular complexity index is 1350. The number of nitrogens with two attached hydrogens (primary N) is 1. The normalized spacial score (nSPS) is 19.0. The Morgan fingerprint density at radius 3 is 2.46 bits per heavy atom. The lowest BCUT2D eigenvalue weighted by molar-refractivity contribution is -0.136. The molecule has 210 valence electrons. The zero-order chi connectivity index (χ0) is 28.4. The fourth-order valence-corrected chi connectivity index (χ4v) is 5.99. The number of aromatic nitrogens is 2. The van der Waals surface area contributed by atoms with Crippen LogP contribution in [-0.4, -0.2) is 52.7 Å². The number of nitrogens with zero attached hydrogens (tertiary/aromatic N) is 3. The smallest absolute Gasteiger partial charge is 0.225 e. The van der Waals surface area contributed by atoms with Crippen molar-refractivity contribution in [3.8, 4) is 5.75 Å². The summed E-state index contributed by atoms with van der Waals surface area (Å²) in [6, 6.07) is 8.21. The zero-order valence-corrected chi connectivity index (χ0v) is 24.3. The van der Waals surface area contributed by atoms with Crippen LogP contribution in [0.25, 0.3) is 10.9 Å². The maximum Gasteiger partial charge on any atom is 0.225 e. The molecule has 8 nitrogen and oxygen atoms in total. The molecule has 3 aromatic rings. The molecule has 0 radical (unpaired) electrons. The average Bonchev–Trinajstić information content (AvgIpc) is 2.89. The third kappa shape index (κ3) is 6.27. The van der Waals surface area contributed by atoms with E-state index in [0.29, 0.717) is 12.4 Å². The number of carbonyl (C=O) groups is 1. The summed E-state index contributed by atoms with van der Waals surface area (Å²) in [5, 5.41) is 14.3. The van der Waals surface area contributed by atoms with E-state index in [-0.39, 0.29) is 23.8 Å². The van der Waals surface area contributed by atoms with Gasteiger partial charge >= 0.3 is 0 Å². The molecule has 1 amide bonds. The first-order valence-corrected chi connectivity index (χ1v) is 13.9. The monoisotopic (exact) mass is 533 g/mol. The first-order valence-electron chi connectivity index (χ1n) is 13.9. The van der Waals surface area contributed by atoms with E-state index in [0.717, 1.165) is 65.0 Å². The summed E-state index contributed by atoms with van der Waals surface area (Å²) in [5.41, 5.74) is 12.4. The second-order valence-corrected chi connectivity index (χ2v) is 11.3. The molecule has 1 aromatic heterocycles. The molecule has 0 unspecified atom stereocenters. The van der Waals surface area contributed by atoms with Crippen LogP contribution in [0.2, 0.25) is 0 Å². The fourth-order valence-electron chi connectivity index (χ4n) is 5.99. The van der Waals surface area contributed by atoms with Gasteiger partial charge in [0.25, 0.3) is 0 Å². The van der Waals surface area contributed by atoms with Crippen LogP contribution in [0.1, 0.15) is 79.6 Å². The van der Waals surface area contributed by atoms with E-state index < -0.39 is 6.10 Å². The lowest BCUT2D eigenvalue weighted by Gasteiger charge is -2.32. The molecule has 0 saturated heterocycles. The number of aliphatic hydroxyl groups is 1. The molecule has 8 heteroatoms. The van der Waals surface area contributed by atoms with E-state index in [1.807, 2.05) is 25.1 Å². The van der Waals surface area contributed by atoms with Crippen LogP contribution < -0.4 is 15.8 Å². The summed E-state index contributed by atoms with van der Waals surface area (Å²) < 4.78 is 5.84. The number of benzene rings is 2. The number of ether oxygens (including phenoxy) is 1. The van der Waals surface area contributed by atoms with Crippen LogP contribution in [0.15, 0.2) is 24.3 Å². The number of fused-ring (bicyclic) bond motifs is 1. The highest BCUT2D eigenvalue weighted by Crippen LogP contribution is 2.42. The number of rotatable bonds is 8. The Balaban J connectivity index is 1.62. The molecule has 2 atom stereocenters. The van der Waals surface area contributed by atoms with Gasteiger partial charge in [-0.25, -0.2) is 9.97 Å². The summed E-state index contributed by atoms with van der Waals surface area (Å²) in [6.45, 7) is 10.3. The van der Waals surface area contributed by atoms with Gasteiger partial charge in [-0.05, 0) is 107 Å². The SMILES string of the molecule is COc1cc2nc(C)nc(N[C@H](C)c3cc(N)cc(C)c3C)c2cc1C1CCC(C(=O)N(C)C[C@@H](C)O)CC1. The van der Waals surface area contributed by atoms with Gasteiger partial charge < -0.3 is 25.8 Å². The van der Waals surface area contributed by atoms with Crippen LogP contribution >= 0.6 is 0 Å². The molecule has 0 aliphatic heterocycles. The Morgan fingerprint density at radius 1 is 1.13 bits per heavy atom. The summed E-state index contributed by atoms with van der Waals surface area (Å²) in [7, 11) is 3.47. The van der Waals surface area contributed by atoms with Crippen LogP contribution in [0.4, 0.5) is 11.5 Å². The molecule has 2 aromatic carbocycles. The van der Waals surface area contributed by atoms with Gasteiger partial charge in [0.05, 0.1) is 24.8 Å². The lowest BCUT2D eigenvalue weighted by Crippen LogP contribution is -2.38. The van der Waals surface area contributed by atoms with Crippen LogP contribution in [0.3, 0.4) is 0 Å². The van der Waals surface area contributed by atoms with Gasteiger partial charge in [-0.3, -0.25) is 4.79 Å². The molecule has 4 N–H and O–H groups in total. The second kappa shape index (κ2) is 11.8. The first-order chi connectivity index (χ1) is 18.5. The van der Waals surface area contributed by atoms with Gasteiger partial charge in [-0.2, -0.15) is 0 Å². The van der Waals surface area contributed by atoms with Crippen LogP contribution in [0, 0.1) is 26.7 Å². The highest BCUT2D eigenvalue weighted by molar-refractivity contribution is 5.91. The molecule has 1 aliphatic rings. The number of carbonyl (C=O) groups excluding carboxylic acids is 1. The number of aliphatic hydroxyl groups excluding tert-OH is 1. The standard InChI is InChI=1S/C31H43N5O3/c1-17-12-24(32)13-25(19(17)3)20(4)33-30-27-14-26(29(39-7)15-28(27)34-21(5)35-30)22-8-10-23(11-9-22)31(38)36(6)16-18(2)37/h12-15,18,20,22-23,37H,8-11,16,32H2,1-7H3,(H,33,34,35)/t18-,20-,22?,23?/m1/s1. The minimum Gasteiger partial charge on any atom is -0.496 e. The third-order valence-corrected chi connectivity index (χ3v) is 8.14. The Morgan fingerprint density at radius 2 is 1.82 bits per heavy atom. The summed E-state index contributed by atoms with van der Waals surface area (Å²) in [4.78, 5) is 24.1. The van der Waals surface area contributed by atoms with Crippen molar-refractivity contribution in [2.45, 2.75) is 78.4 Å². The summed E-state index contributed by atoms with van der Waals surface area (Å²) in [6.07, 6.45) is 2.90. The van der Waals surface area contributed by atoms with Crippen molar-refractivity contribution in [1.29, 1.82) is 0 Å². The van der Waals surface area contributed by atoms with E-state index in [1.54, 1.807) is 26.0 Å². The van der Waals surface area contributed by atoms with E-state index in [9.17, 15) is 9.90 Å². The lowest BCUT2D eigenvalue weighted by atomic mass is 9.77. The number of hydrogen-bond donors (Lipinski definition) is 3. The number of nitrogens with one attached hydrogen (secondary N) is 1. The van der Waals surface area contributed by atoms with Gasteiger partial charge in [-0.15, -0.1) is 0 Å². The average molecular weight is 534 g/mol. The van der Waals surface area contributed by atoms with Crippen LogP contribution in [0.5, 0.6) is 5.75 Å². The molecule has 4 rings (SSSR count). The van der Waals surface area contributed by atoms with Crippen molar-refractivity contribution in [1.82, 2.24) is 14.9 Å². The largest absolute Gasteiger partial charge is 0.496 e. The van der Waals surface area contributed by atoms with Crippen molar-refractivity contribution in [2.24, 2.45) is 5.92 Å². The number of amides is 1. The van der Waals surface area contributed by atoms with Crippen molar-refractivity contribution >= 4 is 28.3 Å². The minimum atomic E-state index is -0.527. The third-order valence-electron chi connectivity index (χ3n) is 8.14. The molecule has 1 heterocycles. The molecule has 0 spiro atoms. The molecule has 1 fully saturated rings. The number of methoxy groups -OCH3 is 1. The van der Waals surface area contributed by atoms with Crippen molar-refractivity contribution in [3.05, 3.63) is 52.3 Å². The number of aryl methyl sites for hydroxylation is 2. The Hall–Kier alpha value is -3.39. The van der Waals surface area contributed by atoms with Crippen molar-refractivity contribution in [2.75, 3.05) is 31.8 Å². The molecular weight excluding hydrogens is 490 g/mol. The molecule has 1 aliphatic carbocycles. The van der Waals surface area contributed by atoms with Gasteiger partial charge in [-0.1, -0.05) is 0 Å². The predicted octanol–water partition coefficient (Wildman–Crippen LogP) is 5.43. The van der Waals surface area contributed by atoms with Gasteiger partial charge in [0.2, 0.25) is 5.91 Å². The highest BCUT2D eigenvalue weighted by atomic mass is 16.5. The Labute approximate surface area is 232 Å². The number of hydrogen-bond acceptors (Lipinski definition) is 7. The predicted molar refractivity (Wildman–Crippen MR) is 157 cm³/mol.